The van der Waals surface area contributed by atoms with Gasteiger partial charge in [0.2, 0.25) is 16.8 Å². The van der Waals surface area contributed by atoms with Gasteiger partial charge in [0.1, 0.15) is 5.78 Å². The minimum absolute atomic E-state index is 0.0734. The first-order chi connectivity index (χ1) is 16.5. The number of nitrogens with two attached hydrogens (primary N) is 1. The molecule has 35 heavy (non-hydrogen) atoms. The van der Waals surface area contributed by atoms with Crippen LogP contribution in [0.2, 0.25) is 0 Å². The Morgan fingerprint density at radius 1 is 0.943 bits per heavy atom. The standard InChI is InChI=1S/C28H29NO5S/c1-27(2,3)23-10-4-18(14-22(23)19-5-8-21(9-6-19)35(29,31)32)15-26(30)28(12-13-28)20-7-11-24-25(16-20)34-17-33-24/h4-11,14,16H,12-13,15,17H2,1-3H3,(H2,29,31,32). The van der Waals surface area contributed by atoms with E-state index in [0.29, 0.717) is 17.9 Å². The van der Waals surface area contributed by atoms with Crippen molar-refractivity contribution in [1.29, 1.82) is 0 Å². The van der Waals surface area contributed by atoms with Gasteiger partial charge in [-0.15, -0.1) is 0 Å². The topological polar surface area (TPSA) is 95.7 Å². The van der Waals surface area contributed by atoms with Gasteiger partial charge in [-0.25, -0.2) is 13.6 Å². The van der Waals surface area contributed by atoms with E-state index in [1.165, 1.54) is 12.1 Å². The third-order valence-corrected chi connectivity index (χ3v) is 7.89. The number of sulfonamides is 1. The zero-order chi connectivity index (χ0) is 25.0. The van der Waals surface area contributed by atoms with Gasteiger partial charge in [-0.2, -0.15) is 0 Å². The van der Waals surface area contributed by atoms with E-state index in [-0.39, 0.29) is 22.9 Å². The number of hydrogen-bond donors (Lipinski definition) is 1. The summed E-state index contributed by atoms with van der Waals surface area (Å²) in [6, 6.07) is 18.5. The van der Waals surface area contributed by atoms with Gasteiger partial charge in [0.05, 0.1) is 10.3 Å². The van der Waals surface area contributed by atoms with Crippen molar-refractivity contribution in [3.8, 4) is 22.6 Å². The number of hydrogen-bond acceptors (Lipinski definition) is 5. The van der Waals surface area contributed by atoms with Crippen LogP contribution in [0.15, 0.2) is 65.6 Å². The molecule has 0 radical (unpaired) electrons. The average molecular weight is 492 g/mol. The lowest BCUT2D eigenvalue weighted by Gasteiger charge is -2.24. The average Bonchev–Trinajstić information content (AvgIpc) is 3.49. The van der Waals surface area contributed by atoms with Crippen LogP contribution in [0.25, 0.3) is 11.1 Å². The van der Waals surface area contributed by atoms with Gasteiger partial charge in [0, 0.05) is 6.42 Å². The highest BCUT2D eigenvalue weighted by atomic mass is 32.2. The van der Waals surface area contributed by atoms with Crippen molar-refractivity contribution in [2.24, 2.45) is 5.14 Å². The van der Waals surface area contributed by atoms with Crippen LogP contribution in [-0.2, 0) is 32.1 Å². The smallest absolute Gasteiger partial charge is 0.238 e. The first kappa shape index (κ1) is 23.6. The Morgan fingerprint density at radius 3 is 2.26 bits per heavy atom. The molecule has 1 heterocycles. The Morgan fingerprint density at radius 2 is 1.63 bits per heavy atom. The molecule has 0 amide bonds. The molecule has 0 saturated heterocycles. The predicted octanol–water partition coefficient (Wildman–Crippen LogP) is 4.87. The van der Waals surface area contributed by atoms with Crippen LogP contribution in [0.4, 0.5) is 0 Å². The fourth-order valence-electron chi connectivity index (χ4n) is 4.82. The quantitative estimate of drug-likeness (QED) is 0.531. The number of rotatable bonds is 6. The van der Waals surface area contributed by atoms with Crippen molar-refractivity contribution in [2.45, 2.75) is 55.8 Å². The molecule has 1 aliphatic heterocycles. The summed E-state index contributed by atoms with van der Waals surface area (Å²) in [7, 11) is -3.77. The van der Waals surface area contributed by atoms with Crippen LogP contribution in [-0.4, -0.2) is 21.0 Å². The second-order valence-corrected chi connectivity index (χ2v) is 12.0. The summed E-state index contributed by atoms with van der Waals surface area (Å²) in [6.07, 6.45) is 1.97. The monoisotopic (exact) mass is 491 g/mol. The Hall–Kier alpha value is -3.16. The Kier molecular flexibility index (Phi) is 5.53. The lowest BCUT2D eigenvalue weighted by molar-refractivity contribution is -0.120. The van der Waals surface area contributed by atoms with E-state index in [0.717, 1.165) is 40.7 Å². The highest BCUT2D eigenvalue weighted by Gasteiger charge is 2.50. The maximum atomic E-state index is 13.5. The first-order valence-corrected chi connectivity index (χ1v) is 13.2. The van der Waals surface area contributed by atoms with Crippen molar-refractivity contribution in [3.63, 3.8) is 0 Å². The minimum Gasteiger partial charge on any atom is -0.454 e. The third-order valence-electron chi connectivity index (χ3n) is 6.96. The highest BCUT2D eigenvalue weighted by molar-refractivity contribution is 7.89. The van der Waals surface area contributed by atoms with Gasteiger partial charge >= 0.3 is 0 Å². The molecule has 1 aliphatic carbocycles. The van der Waals surface area contributed by atoms with Gasteiger partial charge in [-0.05, 0) is 70.3 Å². The van der Waals surface area contributed by atoms with Crippen molar-refractivity contribution in [2.75, 3.05) is 6.79 Å². The van der Waals surface area contributed by atoms with E-state index in [1.807, 2.05) is 24.3 Å². The van der Waals surface area contributed by atoms with Crippen LogP contribution in [0.3, 0.4) is 0 Å². The van der Waals surface area contributed by atoms with Crippen molar-refractivity contribution < 1.29 is 22.7 Å². The Balaban J connectivity index is 1.46. The molecule has 3 aromatic rings. The van der Waals surface area contributed by atoms with Crippen molar-refractivity contribution in [3.05, 3.63) is 77.4 Å². The number of ether oxygens (including phenoxy) is 2. The summed E-state index contributed by atoms with van der Waals surface area (Å²) in [5, 5.41) is 5.27. The fourth-order valence-corrected chi connectivity index (χ4v) is 5.34. The number of ketones is 1. The zero-order valence-electron chi connectivity index (χ0n) is 20.1. The molecule has 2 aliphatic rings. The summed E-state index contributed by atoms with van der Waals surface area (Å²) in [5.41, 5.74) is 4.29. The maximum absolute atomic E-state index is 13.5. The normalized spacial score (nSPS) is 16.2. The Labute approximate surface area is 206 Å². The molecular formula is C28H29NO5S. The molecule has 182 valence electrons. The molecular weight excluding hydrogens is 462 g/mol. The number of carbonyl (C=O) groups is 1. The van der Waals surface area contributed by atoms with E-state index in [1.54, 1.807) is 12.1 Å². The fraction of sp³-hybridized carbons (Fsp3) is 0.321. The highest BCUT2D eigenvalue weighted by Crippen LogP contribution is 2.51. The van der Waals surface area contributed by atoms with Crippen LogP contribution < -0.4 is 14.6 Å². The molecule has 5 rings (SSSR count). The number of Topliss-reactive ketones (excluding diaryl/α,β-unsaturated/α-hetero) is 1. The molecule has 3 aromatic carbocycles. The predicted molar refractivity (Wildman–Crippen MR) is 134 cm³/mol. The number of benzene rings is 3. The second kappa shape index (κ2) is 8.21. The number of carbonyl (C=O) groups excluding carboxylic acids is 1. The summed E-state index contributed by atoms with van der Waals surface area (Å²) in [5.74, 6) is 1.60. The zero-order valence-corrected chi connectivity index (χ0v) is 20.9. The van der Waals surface area contributed by atoms with Gasteiger partial charge in [0.15, 0.2) is 11.5 Å². The van der Waals surface area contributed by atoms with Gasteiger partial charge in [-0.3, -0.25) is 4.79 Å². The largest absolute Gasteiger partial charge is 0.454 e. The molecule has 1 saturated carbocycles. The van der Waals surface area contributed by atoms with Gasteiger partial charge in [0.25, 0.3) is 0 Å². The molecule has 0 unspecified atom stereocenters. The summed E-state index contributed by atoms with van der Waals surface area (Å²) in [4.78, 5) is 13.6. The number of fused-ring (bicyclic) bond motifs is 1. The van der Waals surface area contributed by atoms with Crippen molar-refractivity contribution >= 4 is 15.8 Å². The minimum atomic E-state index is -3.77. The number of primary sulfonamides is 1. The molecule has 1 fully saturated rings. The first-order valence-electron chi connectivity index (χ1n) is 11.7. The summed E-state index contributed by atoms with van der Waals surface area (Å²) >= 11 is 0. The lowest BCUT2D eigenvalue weighted by atomic mass is 9.80. The SMILES string of the molecule is CC(C)(C)c1ccc(CC(=O)C2(c3ccc4c(c3)OCO4)CC2)cc1-c1ccc(S(N)(=O)=O)cc1. The molecule has 0 bridgehead atoms. The summed E-state index contributed by atoms with van der Waals surface area (Å²) in [6.45, 7) is 6.61. The molecule has 0 atom stereocenters. The third kappa shape index (κ3) is 4.46. The van der Waals surface area contributed by atoms with Crippen molar-refractivity contribution in [1.82, 2.24) is 0 Å². The van der Waals surface area contributed by atoms with Crippen LogP contribution in [0.1, 0.15) is 50.3 Å². The van der Waals surface area contributed by atoms with Gasteiger partial charge < -0.3 is 9.47 Å². The lowest BCUT2D eigenvalue weighted by Crippen LogP contribution is -2.22. The van der Waals surface area contributed by atoms with E-state index < -0.39 is 15.4 Å². The van der Waals surface area contributed by atoms with E-state index in [4.69, 9.17) is 14.6 Å². The molecule has 2 N–H and O–H groups in total. The second-order valence-electron chi connectivity index (χ2n) is 10.4. The van der Waals surface area contributed by atoms with E-state index in [9.17, 15) is 13.2 Å². The van der Waals surface area contributed by atoms with E-state index in [2.05, 4.69) is 32.9 Å². The van der Waals surface area contributed by atoms with E-state index >= 15 is 0 Å². The molecule has 0 spiro atoms. The maximum Gasteiger partial charge on any atom is 0.238 e. The summed E-state index contributed by atoms with van der Waals surface area (Å²) < 4.78 is 34.3. The van der Waals surface area contributed by atoms with Crippen LogP contribution >= 0.6 is 0 Å². The molecule has 6 nitrogen and oxygen atoms in total. The molecule has 0 aromatic heterocycles. The Bertz CT molecular complexity index is 1410. The van der Waals surface area contributed by atoms with Crippen LogP contribution in [0, 0.1) is 0 Å². The van der Waals surface area contributed by atoms with Gasteiger partial charge in [-0.1, -0.05) is 57.2 Å². The molecule has 7 heteroatoms. The van der Waals surface area contributed by atoms with Crippen LogP contribution in [0.5, 0.6) is 11.5 Å².